The van der Waals surface area contributed by atoms with Crippen LogP contribution < -0.4 is 5.32 Å². The molecule has 8 heteroatoms. The Morgan fingerprint density at radius 3 is 2.93 bits per heavy atom. The number of aromatic nitrogens is 3. The first-order valence-corrected chi connectivity index (χ1v) is 9.25. The van der Waals surface area contributed by atoms with Gasteiger partial charge >= 0.3 is 0 Å². The second-order valence-corrected chi connectivity index (χ2v) is 6.77. The zero-order chi connectivity index (χ0) is 18.6. The highest BCUT2D eigenvalue weighted by Gasteiger charge is 2.25. The molecule has 1 unspecified atom stereocenters. The van der Waals surface area contributed by atoms with Gasteiger partial charge in [0, 0.05) is 42.9 Å². The summed E-state index contributed by atoms with van der Waals surface area (Å²) >= 11 is 6.43. The van der Waals surface area contributed by atoms with Crippen LogP contribution in [0.5, 0.6) is 0 Å². The number of H-pyrrole nitrogens is 1. The van der Waals surface area contributed by atoms with E-state index in [1.165, 1.54) is 0 Å². The fourth-order valence-electron chi connectivity index (χ4n) is 3.36. The van der Waals surface area contributed by atoms with Gasteiger partial charge in [-0.1, -0.05) is 11.6 Å². The number of carbonyl (C=O) groups excluding carboxylic acids is 1. The predicted octanol–water partition coefficient (Wildman–Crippen LogP) is 2.41. The predicted molar refractivity (Wildman–Crippen MR) is 103 cm³/mol. The molecule has 2 aromatic heterocycles. The van der Waals surface area contributed by atoms with E-state index in [0.717, 1.165) is 29.7 Å². The molecule has 140 valence electrons. The van der Waals surface area contributed by atoms with Crippen molar-refractivity contribution in [3.05, 3.63) is 59.0 Å². The maximum atomic E-state index is 12.8. The lowest BCUT2D eigenvalue weighted by Crippen LogP contribution is -2.44. The zero-order valence-electron chi connectivity index (χ0n) is 14.7. The molecule has 0 radical (unpaired) electrons. The number of carbonyl (C=O) groups is 1. The molecular formula is C19H20ClN5O2. The molecular weight excluding hydrogens is 366 g/mol. The molecule has 0 spiro atoms. The number of benzene rings is 1. The molecule has 1 aliphatic heterocycles. The van der Waals surface area contributed by atoms with Crippen molar-refractivity contribution in [2.45, 2.75) is 6.04 Å². The molecule has 3 heterocycles. The standard InChI is InChI=1S/C19H20ClN5O2/c20-18-13-5-7-21-15(13)4-3-14(18)19(26)22-12-17(16-2-1-6-23-24-16)25-8-10-27-11-9-25/h1-7,17,21H,8-12H2,(H,22,26). The van der Waals surface area contributed by atoms with Gasteiger partial charge in [-0.15, -0.1) is 0 Å². The van der Waals surface area contributed by atoms with Crippen LogP contribution in [-0.4, -0.2) is 58.8 Å². The van der Waals surface area contributed by atoms with Crippen LogP contribution in [0, 0.1) is 0 Å². The summed E-state index contributed by atoms with van der Waals surface area (Å²) in [7, 11) is 0. The smallest absolute Gasteiger partial charge is 0.252 e. The van der Waals surface area contributed by atoms with E-state index < -0.39 is 0 Å². The van der Waals surface area contributed by atoms with Crippen molar-refractivity contribution < 1.29 is 9.53 Å². The summed E-state index contributed by atoms with van der Waals surface area (Å²) in [4.78, 5) is 18.1. The number of hydrogen-bond donors (Lipinski definition) is 2. The van der Waals surface area contributed by atoms with Crippen LogP contribution in [0.2, 0.25) is 5.02 Å². The average Bonchev–Trinajstić information content (AvgIpc) is 3.20. The summed E-state index contributed by atoms with van der Waals surface area (Å²) in [6, 6.07) is 9.18. The Labute approximate surface area is 161 Å². The van der Waals surface area contributed by atoms with Crippen molar-refractivity contribution in [2.75, 3.05) is 32.8 Å². The first-order chi connectivity index (χ1) is 13.2. The molecule has 0 aliphatic carbocycles. The third-order valence-electron chi connectivity index (χ3n) is 4.79. The molecule has 27 heavy (non-hydrogen) atoms. The van der Waals surface area contributed by atoms with Crippen molar-refractivity contribution in [1.82, 2.24) is 25.4 Å². The first-order valence-electron chi connectivity index (χ1n) is 8.87. The van der Waals surface area contributed by atoms with E-state index in [1.54, 1.807) is 18.5 Å². The summed E-state index contributed by atoms with van der Waals surface area (Å²) in [5.74, 6) is -0.203. The van der Waals surface area contributed by atoms with Crippen molar-refractivity contribution >= 4 is 28.4 Å². The molecule has 1 fully saturated rings. The van der Waals surface area contributed by atoms with Gasteiger partial charge in [0.2, 0.25) is 0 Å². The van der Waals surface area contributed by atoms with E-state index in [9.17, 15) is 4.79 Å². The van der Waals surface area contributed by atoms with Crippen molar-refractivity contribution in [3.8, 4) is 0 Å². The lowest BCUT2D eigenvalue weighted by atomic mass is 10.1. The lowest BCUT2D eigenvalue weighted by Gasteiger charge is -2.34. The number of aromatic amines is 1. The van der Waals surface area contributed by atoms with Crippen molar-refractivity contribution in [1.29, 1.82) is 0 Å². The van der Waals surface area contributed by atoms with Crippen LogP contribution in [0.1, 0.15) is 22.1 Å². The van der Waals surface area contributed by atoms with Crippen LogP contribution in [0.4, 0.5) is 0 Å². The minimum absolute atomic E-state index is 0.0682. The number of rotatable bonds is 5. The van der Waals surface area contributed by atoms with Crippen LogP contribution in [0.15, 0.2) is 42.7 Å². The van der Waals surface area contributed by atoms with Crippen molar-refractivity contribution in [2.24, 2.45) is 0 Å². The SMILES string of the molecule is O=C(NCC(c1cccnn1)N1CCOCC1)c1ccc2[nH]ccc2c1Cl. The summed E-state index contributed by atoms with van der Waals surface area (Å²) in [5, 5.41) is 12.5. The molecule has 0 bridgehead atoms. The summed E-state index contributed by atoms with van der Waals surface area (Å²) in [6.45, 7) is 3.32. The van der Waals surface area contributed by atoms with E-state index in [-0.39, 0.29) is 11.9 Å². The fraction of sp³-hybridized carbons (Fsp3) is 0.316. The number of nitrogens with one attached hydrogen (secondary N) is 2. The van der Waals surface area contributed by atoms with Crippen LogP contribution in [0.3, 0.4) is 0 Å². The number of hydrogen-bond acceptors (Lipinski definition) is 5. The van der Waals surface area contributed by atoms with E-state index in [2.05, 4.69) is 25.4 Å². The molecule has 1 aromatic carbocycles. The van der Waals surface area contributed by atoms with Crippen LogP contribution >= 0.6 is 11.6 Å². The maximum absolute atomic E-state index is 12.8. The Balaban J connectivity index is 1.52. The Morgan fingerprint density at radius 1 is 1.30 bits per heavy atom. The molecule has 4 rings (SSSR count). The number of ether oxygens (including phenoxy) is 1. The Kier molecular flexibility index (Phi) is 5.33. The molecule has 3 aromatic rings. The van der Waals surface area contributed by atoms with Gasteiger partial charge in [-0.3, -0.25) is 9.69 Å². The topological polar surface area (TPSA) is 83.1 Å². The number of fused-ring (bicyclic) bond motifs is 1. The first kappa shape index (κ1) is 17.9. The van der Waals surface area contributed by atoms with E-state index in [0.29, 0.717) is 30.3 Å². The van der Waals surface area contributed by atoms with Gasteiger partial charge in [-0.2, -0.15) is 10.2 Å². The maximum Gasteiger partial charge on any atom is 0.252 e. The Hall–Kier alpha value is -2.48. The Morgan fingerprint density at radius 2 is 2.15 bits per heavy atom. The highest BCUT2D eigenvalue weighted by Crippen LogP contribution is 2.27. The second-order valence-electron chi connectivity index (χ2n) is 6.39. The molecule has 1 aliphatic rings. The number of nitrogens with zero attached hydrogens (tertiary/aromatic N) is 3. The minimum atomic E-state index is -0.203. The normalized spacial score (nSPS) is 16.3. The summed E-state index contributed by atoms with van der Waals surface area (Å²) < 4.78 is 5.44. The molecule has 1 saturated heterocycles. The van der Waals surface area contributed by atoms with E-state index >= 15 is 0 Å². The Bertz CT molecular complexity index is 924. The highest BCUT2D eigenvalue weighted by atomic mass is 35.5. The molecule has 1 atom stereocenters. The summed E-state index contributed by atoms with van der Waals surface area (Å²) in [6.07, 6.45) is 3.45. The van der Waals surface area contributed by atoms with Crippen molar-refractivity contribution in [3.63, 3.8) is 0 Å². The third-order valence-corrected chi connectivity index (χ3v) is 5.20. The molecule has 1 amide bonds. The zero-order valence-corrected chi connectivity index (χ0v) is 15.4. The third kappa shape index (κ3) is 3.80. The second kappa shape index (κ2) is 8.04. The number of morpholine rings is 1. The van der Waals surface area contributed by atoms with Gasteiger partial charge in [0.15, 0.2) is 0 Å². The molecule has 7 nitrogen and oxygen atoms in total. The number of amides is 1. The molecule has 2 N–H and O–H groups in total. The van der Waals surface area contributed by atoms with Crippen LogP contribution in [0.25, 0.3) is 10.9 Å². The highest BCUT2D eigenvalue weighted by molar-refractivity contribution is 6.38. The van der Waals surface area contributed by atoms with Gasteiger partial charge < -0.3 is 15.0 Å². The fourth-order valence-corrected chi connectivity index (χ4v) is 3.67. The van der Waals surface area contributed by atoms with Gasteiger partial charge in [0.25, 0.3) is 5.91 Å². The van der Waals surface area contributed by atoms with Crippen LogP contribution in [-0.2, 0) is 4.74 Å². The minimum Gasteiger partial charge on any atom is -0.379 e. The quantitative estimate of drug-likeness (QED) is 0.704. The lowest BCUT2D eigenvalue weighted by molar-refractivity contribution is 0.0152. The van der Waals surface area contributed by atoms with Gasteiger partial charge in [0.05, 0.1) is 35.5 Å². The molecule has 0 saturated carbocycles. The van der Waals surface area contributed by atoms with E-state index in [1.807, 2.05) is 24.3 Å². The monoisotopic (exact) mass is 385 g/mol. The van der Waals surface area contributed by atoms with E-state index in [4.69, 9.17) is 16.3 Å². The summed E-state index contributed by atoms with van der Waals surface area (Å²) in [5.41, 5.74) is 2.19. The van der Waals surface area contributed by atoms with Gasteiger partial charge in [0.1, 0.15) is 0 Å². The number of halogens is 1. The van der Waals surface area contributed by atoms with Gasteiger partial charge in [-0.25, -0.2) is 0 Å². The average molecular weight is 386 g/mol. The largest absolute Gasteiger partial charge is 0.379 e. The van der Waals surface area contributed by atoms with Gasteiger partial charge in [-0.05, 0) is 30.3 Å².